The second-order valence-electron chi connectivity index (χ2n) is 3.06. The van der Waals surface area contributed by atoms with Crippen molar-refractivity contribution in [1.82, 2.24) is 4.98 Å². The predicted octanol–water partition coefficient (Wildman–Crippen LogP) is 1.63. The first kappa shape index (κ1) is 11.1. The smallest absolute Gasteiger partial charge is 0.305 e. The summed E-state index contributed by atoms with van der Waals surface area (Å²) in [4.78, 5) is 14.5. The molecule has 0 fully saturated rings. The van der Waals surface area contributed by atoms with Crippen molar-refractivity contribution in [2.45, 2.75) is 19.4 Å². The molecular formula is C9H11BrN2O2. The Balaban J connectivity index is 2.90. The lowest BCUT2D eigenvalue weighted by atomic mass is 10.1. The normalized spacial score (nSPS) is 12.5. The quantitative estimate of drug-likeness (QED) is 0.864. The van der Waals surface area contributed by atoms with Gasteiger partial charge < -0.3 is 10.8 Å². The molecule has 1 atom stereocenters. The molecule has 76 valence electrons. The number of hydrogen-bond donors (Lipinski definition) is 2. The first-order valence-electron chi connectivity index (χ1n) is 4.10. The van der Waals surface area contributed by atoms with E-state index in [4.69, 9.17) is 10.8 Å². The first-order valence-corrected chi connectivity index (χ1v) is 4.89. The molecule has 0 radical (unpaired) electrons. The molecule has 0 spiro atoms. The highest BCUT2D eigenvalue weighted by atomic mass is 79.9. The molecule has 1 aromatic heterocycles. The largest absolute Gasteiger partial charge is 0.481 e. The Morgan fingerprint density at radius 1 is 1.79 bits per heavy atom. The van der Waals surface area contributed by atoms with Gasteiger partial charge in [-0.05, 0) is 34.5 Å². The number of aromatic nitrogens is 1. The Bertz CT molecular complexity index is 355. The van der Waals surface area contributed by atoms with Crippen LogP contribution in [0.3, 0.4) is 0 Å². The van der Waals surface area contributed by atoms with Crippen molar-refractivity contribution in [3.05, 3.63) is 28.0 Å². The maximum absolute atomic E-state index is 10.4. The molecule has 0 saturated heterocycles. The summed E-state index contributed by atoms with van der Waals surface area (Å²) >= 11 is 3.28. The number of carbonyl (C=O) groups is 1. The number of aryl methyl sites for hydroxylation is 1. The van der Waals surface area contributed by atoms with Gasteiger partial charge in [0.05, 0.1) is 18.2 Å². The number of hydrogen-bond acceptors (Lipinski definition) is 3. The zero-order valence-corrected chi connectivity index (χ0v) is 9.28. The number of nitrogens with zero attached hydrogens (tertiary/aromatic N) is 1. The van der Waals surface area contributed by atoms with E-state index in [0.717, 1.165) is 10.0 Å². The minimum atomic E-state index is -0.915. The molecule has 0 amide bonds. The summed E-state index contributed by atoms with van der Waals surface area (Å²) in [5.74, 6) is -0.915. The highest BCUT2D eigenvalue weighted by Gasteiger charge is 2.14. The van der Waals surface area contributed by atoms with Crippen LogP contribution in [0.5, 0.6) is 0 Å². The zero-order valence-electron chi connectivity index (χ0n) is 7.70. The molecule has 0 aromatic carbocycles. The molecule has 1 rings (SSSR count). The lowest BCUT2D eigenvalue weighted by molar-refractivity contribution is -0.137. The van der Waals surface area contributed by atoms with Crippen LogP contribution >= 0.6 is 15.9 Å². The van der Waals surface area contributed by atoms with Gasteiger partial charge in [-0.2, -0.15) is 0 Å². The number of carboxylic acid groups (broad SMARTS) is 1. The van der Waals surface area contributed by atoms with Gasteiger partial charge in [0.15, 0.2) is 0 Å². The molecule has 3 N–H and O–H groups in total. The van der Waals surface area contributed by atoms with Gasteiger partial charge in [-0.3, -0.25) is 9.78 Å². The maximum Gasteiger partial charge on any atom is 0.305 e. The Hall–Kier alpha value is -0.940. The van der Waals surface area contributed by atoms with E-state index in [2.05, 4.69) is 20.9 Å². The van der Waals surface area contributed by atoms with Gasteiger partial charge in [-0.25, -0.2) is 0 Å². The van der Waals surface area contributed by atoms with Crippen LogP contribution in [0, 0.1) is 6.92 Å². The third kappa shape index (κ3) is 2.78. The topological polar surface area (TPSA) is 76.2 Å². The van der Waals surface area contributed by atoms with Gasteiger partial charge in [-0.15, -0.1) is 0 Å². The highest BCUT2D eigenvalue weighted by Crippen LogP contribution is 2.19. The molecule has 4 nitrogen and oxygen atoms in total. The zero-order chi connectivity index (χ0) is 10.7. The fourth-order valence-electron chi connectivity index (χ4n) is 1.22. The van der Waals surface area contributed by atoms with E-state index in [1.807, 2.05) is 13.0 Å². The Morgan fingerprint density at radius 3 is 2.93 bits per heavy atom. The molecule has 0 aliphatic carbocycles. The number of halogens is 1. The van der Waals surface area contributed by atoms with Crippen LogP contribution < -0.4 is 5.73 Å². The van der Waals surface area contributed by atoms with E-state index in [-0.39, 0.29) is 6.42 Å². The van der Waals surface area contributed by atoms with Gasteiger partial charge in [0.1, 0.15) is 0 Å². The van der Waals surface area contributed by atoms with Crippen LogP contribution in [0.4, 0.5) is 0 Å². The average molecular weight is 259 g/mol. The standard InChI is InChI=1S/C9H11BrN2O2/c1-5-2-6(10)4-12-9(5)7(11)3-8(13)14/h2,4,7H,3,11H2,1H3,(H,13,14)/t7-/m0/s1. The van der Waals surface area contributed by atoms with Crippen LogP contribution in [0.15, 0.2) is 16.7 Å². The SMILES string of the molecule is Cc1cc(Br)cnc1[C@@H](N)CC(=O)O. The minimum Gasteiger partial charge on any atom is -0.481 e. The van der Waals surface area contributed by atoms with Crippen molar-refractivity contribution in [3.63, 3.8) is 0 Å². The molecule has 1 heterocycles. The summed E-state index contributed by atoms with van der Waals surface area (Å²) in [5, 5.41) is 8.57. The van der Waals surface area contributed by atoms with Gasteiger partial charge in [-0.1, -0.05) is 0 Å². The van der Waals surface area contributed by atoms with Crippen LogP contribution in [0.2, 0.25) is 0 Å². The van der Waals surface area contributed by atoms with Crippen molar-refractivity contribution in [2.24, 2.45) is 5.73 Å². The van der Waals surface area contributed by atoms with E-state index in [1.165, 1.54) is 0 Å². The number of nitrogens with two attached hydrogens (primary N) is 1. The van der Waals surface area contributed by atoms with Gasteiger partial charge in [0.2, 0.25) is 0 Å². The molecule has 0 aliphatic rings. The summed E-state index contributed by atoms with van der Waals surface area (Å²) in [6, 6.07) is 1.32. The van der Waals surface area contributed by atoms with E-state index < -0.39 is 12.0 Å². The molecule has 1 aromatic rings. The number of pyridine rings is 1. The molecule has 0 aliphatic heterocycles. The van der Waals surface area contributed by atoms with Crippen molar-refractivity contribution in [3.8, 4) is 0 Å². The Kier molecular flexibility index (Phi) is 3.60. The summed E-state index contributed by atoms with van der Waals surface area (Å²) in [6.07, 6.45) is 1.51. The minimum absolute atomic E-state index is 0.102. The van der Waals surface area contributed by atoms with Gasteiger partial charge in [0, 0.05) is 10.7 Å². The lowest BCUT2D eigenvalue weighted by Crippen LogP contribution is -2.17. The second-order valence-corrected chi connectivity index (χ2v) is 3.98. The molecule has 0 unspecified atom stereocenters. The molecule has 0 bridgehead atoms. The van der Waals surface area contributed by atoms with Crippen LogP contribution in [0.1, 0.15) is 23.7 Å². The van der Waals surface area contributed by atoms with E-state index in [9.17, 15) is 4.79 Å². The maximum atomic E-state index is 10.4. The lowest BCUT2D eigenvalue weighted by Gasteiger charge is -2.11. The van der Waals surface area contributed by atoms with Crippen molar-refractivity contribution < 1.29 is 9.90 Å². The second kappa shape index (κ2) is 4.52. The van der Waals surface area contributed by atoms with Gasteiger partial charge >= 0.3 is 5.97 Å². The Morgan fingerprint density at radius 2 is 2.43 bits per heavy atom. The number of aliphatic carboxylic acids is 1. The molecule has 14 heavy (non-hydrogen) atoms. The summed E-state index contributed by atoms with van der Waals surface area (Å²) in [5.41, 5.74) is 7.22. The fraction of sp³-hybridized carbons (Fsp3) is 0.333. The number of rotatable bonds is 3. The Labute approximate surface area is 90.3 Å². The predicted molar refractivity (Wildman–Crippen MR) is 55.9 cm³/mol. The first-order chi connectivity index (χ1) is 6.50. The van der Waals surface area contributed by atoms with Gasteiger partial charge in [0.25, 0.3) is 0 Å². The average Bonchev–Trinajstić information content (AvgIpc) is 2.01. The van der Waals surface area contributed by atoms with E-state index in [0.29, 0.717) is 5.69 Å². The van der Waals surface area contributed by atoms with Crippen LogP contribution in [-0.4, -0.2) is 16.1 Å². The van der Waals surface area contributed by atoms with Crippen molar-refractivity contribution in [2.75, 3.05) is 0 Å². The van der Waals surface area contributed by atoms with E-state index in [1.54, 1.807) is 6.20 Å². The van der Waals surface area contributed by atoms with E-state index >= 15 is 0 Å². The van der Waals surface area contributed by atoms with Crippen molar-refractivity contribution >= 4 is 21.9 Å². The number of carboxylic acids is 1. The third-order valence-electron chi connectivity index (χ3n) is 1.83. The van der Waals surface area contributed by atoms with Crippen LogP contribution in [0.25, 0.3) is 0 Å². The summed E-state index contributed by atoms with van der Waals surface area (Å²) < 4.78 is 0.862. The fourth-order valence-corrected chi connectivity index (χ4v) is 1.67. The summed E-state index contributed by atoms with van der Waals surface area (Å²) in [7, 11) is 0. The summed E-state index contributed by atoms with van der Waals surface area (Å²) in [6.45, 7) is 1.86. The van der Waals surface area contributed by atoms with Crippen molar-refractivity contribution in [1.29, 1.82) is 0 Å². The monoisotopic (exact) mass is 258 g/mol. The molecule has 5 heteroatoms. The molecule has 0 saturated carbocycles. The highest BCUT2D eigenvalue weighted by molar-refractivity contribution is 9.10. The van der Waals surface area contributed by atoms with Crippen LogP contribution in [-0.2, 0) is 4.79 Å². The molecular weight excluding hydrogens is 248 g/mol. The third-order valence-corrected chi connectivity index (χ3v) is 2.26.